The first-order valence-electron chi connectivity index (χ1n) is 6.53. The average molecular weight is 323 g/mol. The van der Waals surface area contributed by atoms with Crippen LogP contribution in [0.15, 0.2) is 58.3 Å². The summed E-state index contributed by atoms with van der Waals surface area (Å²) >= 11 is 1.51. The fraction of sp³-hybridized carbons (Fsp3) is 0.125. The van der Waals surface area contributed by atoms with Gasteiger partial charge in [0.25, 0.3) is 0 Å². The van der Waals surface area contributed by atoms with Gasteiger partial charge in [0.2, 0.25) is 0 Å². The normalized spacial score (nSPS) is 11.8. The highest BCUT2D eigenvalue weighted by molar-refractivity contribution is 7.99. The van der Waals surface area contributed by atoms with Crippen molar-refractivity contribution in [3.8, 4) is 5.75 Å². The Balaban J connectivity index is 2.01. The summed E-state index contributed by atoms with van der Waals surface area (Å²) in [4.78, 5) is 5.10. The van der Waals surface area contributed by atoms with Gasteiger partial charge in [-0.1, -0.05) is 30.0 Å². The molecule has 22 heavy (non-hydrogen) atoms. The van der Waals surface area contributed by atoms with E-state index in [9.17, 15) is 13.2 Å². The first-order valence-corrected chi connectivity index (χ1v) is 7.35. The molecule has 0 aliphatic carbocycles. The zero-order valence-electron chi connectivity index (χ0n) is 11.6. The Morgan fingerprint density at radius 2 is 1.77 bits per heavy atom. The van der Waals surface area contributed by atoms with Crippen LogP contribution in [0.25, 0.3) is 10.9 Å². The van der Waals surface area contributed by atoms with Crippen LogP contribution in [0.2, 0.25) is 0 Å². The van der Waals surface area contributed by atoms with E-state index in [4.69, 9.17) is 0 Å². The first-order chi connectivity index (χ1) is 10.4. The lowest BCUT2D eigenvalue weighted by Gasteiger charge is -2.09. The Morgan fingerprint density at radius 1 is 1.05 bits per heavy atom. The number of rotatable bonds is 3. The zero-order valence-corrected chi connectivity index (χ0v) is 12.4. The third kappa shape index (κ3) is 3.22. The predicted octanol–water partition coefficient (Wildman–Crippen LogP) is 5.53. The van der Waals surface area contributed by atoms with E-state index < -0.39 is 6.36 Å². The summed E-state index contributed by atoms with van der Waals surface area (Å²) in [5, 5.41) is 0.716. The zero-order chi connectivity index (χ0) is 15.7. The lowest BCUT2D eigenvalue weighted by Crippen LogP contribution is -2.16. The number of nitrogens with one attached hydrogen (secondary N) is 1. The molecule has 0 atom stereocenters. The average Bonchev–Trinajstić information content (AvgIpc) is 2.75. The van der Waals surface area contributed by atoms with Gasteiger partial charge in [0, 0.05) is 26.4 Å². The number of aromatic nitrogens is 1. The molecule has 0 aliphatic rings. The number of halogens is 3. The Bertz CT molecular complexity index is 796. The van der Waals surface area contributed by atoms with Crippen LogP contribution in [-0.2, 0) is 0 Å². The van der Waals surface area contributed by atoms with Gasteiger partial charge in [0.1, 0.15) is 5.75 Å². The van der Waals surface area contributed by atoms with Gasteiger partial charge < -0.3 is 9.72 Å². The van der Waals surface area contributed by atoms with Crippen LogP contribution >= 0.6 is 11.8 Å². The lowest BCUT2D eigenvalue weighted by atomic mass is 10.2. The van der Waals surface area contributed by atoms with Crippen LogP contribution in [0.5, 0.6) is 5.75 Å². The van der Waals surface area contributed by atoms with Gasteiger partial charge in [0.05, 0.1) is 0 Å². The molecule has 6 heteroatoms. The number of hydrogen-bond acceptors (Lipinski definition) is 2. The molecule has 3 aromatic rings. The summed E-state index contributed by atoms with van der Waals surface area (Å²) in [6.07, 6.45) is -4.69. The van der Waals surface area contributed by atoms with Crippen molar-refractivity contribution in [2.24, 2.45) is 0 Å². The van der Waals surface area contributed by atoms with Crippen molar-refractivity contribution in [3.05, 3.63) is 54.2 Å². The molecule has 1 aromatic heterocycles. The molecule has 2 aromatic carbocycles. The van der Waals surface area contributed by atoms with Crippen molar-refractivity contribution in [2.75, 3.05) is 0 Å². The van der Waals surface area contributed by atoms with E-state index in [1.807, 2.05) is 37.3 Å². The molecule has 0 spiro atoms. The van der Waals surface area contributed by atoms with Crippen molar-refractivity contribution in [1.82, 2.24) is 4.98 Å². The number of alkyl halides is 3. The number of aromatic amines is 1. The van der Waals surface area contributed by atoms with Crippen LogP contribution < -0.4 is 4.74 Å². The van der Waals surface area contributed by atoms with E-state index >= 15 is 0 Å². The number of fused-ring (bicyclic) bond motifs is 1. The molecule has 3 rings (SSSR count). The van der Waals surface area contributed by atoms with Crippen molar-refractivity contribution in [3.63, 3.8) is 0 Å². The summed E-state index contributed by atoms with van der Waals surface area (Å²) in [5.74, 6) is -0.214. The van der Waals surface area contributed by atoms with Crippen molar-refractivity contribution < 1.29 is 17.9 Å². The van der Waals surface area contributed by atoms with E-state index in [0.29, 0.717) is 5.39 Å². The SMILES string of the molecule is Cc1[nH]c2ccc(OC(F)(F)F)cc2c1Sc1ccccc1. The Kier molecular flexibility index (Phi) is 3.78. The van der Waals surface area contributed by atoms with Gasteiger partial charge in [-0.2, -0.15) is 0 Å². The molecule has 0 saturated carbocycles. The molecule has 0 unspecified atom stereocenters. The highest BCUT2D eigenvalue weighted by atomic mass is 32.2. The maximum Gasteiger partial charge on any atom is 0.573 e. The molecule has 0 saturated heterocycles. The van der Waals surface area contributed by atoms with E-state index in [2.05, 4.69) is 9.72 Å². The van der Waals surface area contributed by atoms with Crippen molar-refractivity contribution in [1.29, 1.82) is 0 Å². The van der Waals surface area contributed by atoms with E-state index in [1.165, 1.54) is 23.9 Å². The Morgan fingerprint density at radius 3 is 2.45 bits per heavy atom. The molecule has 114 valence electrons. The highest BCUT2D eigenvalue weighted by Crippen LogP contribution is 2.38. The van der Waals surface area contributed by atoms with Crippen LogP contribution in [0.1, 0.15) is 5.69 Å². The summed E-state index contributed by atoms with van der Waals surface area (Å²) in [7, 11) is 0. The minimum atomic E-state index is -4.69. The highest BCUT2D eigenvalue weighted by Gasteiger charge is 2.31. The maximum absolute atomic E-state index is 12.4. The first kappa shape index (κ1) is 14.8. The second-order valence-electron chi connectivity index (χ2n) is 4.75. The van der Waals surface area contributed by atoms with Gasteiger partial charge >= 0.3 is 6.36 Å². The largest absolute Gasteiger partial charge is 0.573 e. The fourth-order valence-corrected chi connectivity index (χ4v) is 3.23. The second kappa shape index (κ2) is 5.61. The van der Waals surface area contributed by atoms with Crippen LogP contribution in [0.4, 0.5) is 13.2 Å². The summed E-state index contributed by atoms with van der Waals surface area (Å²) in [6.45, 7) is 1.90. The van der Waals surface area contributed by atoms with Gasteiger partial charge in [-0.15, -0.1) is 13.2 Å². The number of benzene rings is 2. The third-order valence-corrected chi connectivity index (χ3v) is 4.33. The maximum atomic E-state index is 12.4. The van der Waals surface area contributed by atoms with E-state index in [0.717, 1.165) is 21.0 Å². The monoisotopic (exact) mass is 323 g/mol. The van der Waals surface area contributed by atoms with Gasteiger partial charge in [0.15, 0.2) is 0 Å². The Labute approximate surface area is 129 Å². The van der Waals surface area contributed by atoms with E-state index in [-0.39, 0.29) is 5.75 Å². The number of H-pyrrole nitrogens is 1. The van der Waals surface area contributed by atoms with Crippen molar-refractivity contribution in [2.45, 2.75) is 23.1 Å². The molecule has 0 radical (unpaired) electrons. The quantitative estimate of drug-likeness (QED) is 0.686. The summed E-state index contributed by atoms with van der Waals surface area (Å²) < 4.78 is 41.1. The van der Waals surface area contributed by atoms with Gasteiger partial charge in [-0.25, -0.2) is 0 Å². The topological polar surface area (TPSA) is 25.0 Å². The molecule has 0 bridgehead atoms. The molecule has 1 heterocycles. The molecule has 0 amide bonds. The number of aryl methyl sites for hydroxylation is 1. The summed E-state index contributed by atoms with van der Waals surface area (Å²) in [6, 6.07) is 14.0. The minimum Gasteiger partial charge on any atom is -0.406 e. The fourth-order valence-electron chi connectivity index (χ4n) is 2.22. The van der Waals surface area contributed by atoms with Crippen LogP contribution in [0, 0.1) is 6.92 Å². The minimum absolute atomic E-state index is 0.214. The molecule has 1 N–H and O–H groups in total. The lowest BCUT2D eigenvalue weighted by molar-refractivity contribution is -0.274. The van der Waals surface area contributed by atoms with Crippen LogP contribution in [-0.4, -0.2) is 11.3 Å². The Hall–Kier alpha value is -2.08. The smallest absolute Gasteiger partial charge is 0.406 e. The van der Waals surface area contributed by atoms with E-state index in [1.54, 1.807) is 6.07 Å². The number of hydrogen-bond donors (Lipinski definition) is 1. The molecule has 2 nitrogen and oxygen atoms in total. The molecule has 0 fully saturated rings. The third-order valence-electron chi connectivity index (χ3n) is 3.10. The standard InChI is InChI=1S/C16H12F3NOS/c1-10-15(22-12-5-3-2-4-6-12)13-9-11(21-16(17,18)19)7-8-14(13)20-10/h2-9,20H,1H3. The van der Waals surface area contributed by atoms with Gasteiger partial charge in [-0.05, 0) is 37.3 Å². The molecular weight excluding hydrogens is 311 g/mol. The van der Waals surface area contributed by atoms with Crippen molar-refractivity contribution >= 4 is 22.7 Å². The molecular formula is C16H12F3NOS. The summed E-state index contributed by atoms with van der Waals surface area (Å²) in [5.41, 5.74) is 1.69. The van der Waals surface area contributed by atoms with Crippen LogP contribution in [0.3, 0.4) is 0 Å². The molecule has 0 aliphatic heterocycles. The predicted molar refractivity (Wildman–Crippen MR) is 80.3 cm³/mol. The number of ether oxygens (including phenoxy) is 1. The second-order valence-corrected chi connectivity index (χ2v) is 5.83. The van der Waals surface area contributed by atoms with Gasteiger partial charge in [-0.3, -0.25) is 0 Å².